The highest BCUT2D eigenvalue weighted by atomic mass is 16.5. The molecular formula is C8H20N2O2. The van der Waals surface area contributed by atoms with Crippen molar-refractivity contribution < 1.29 is 9.84 Å². The van der Waals surface area contributed by atoms with Crippen LogP contribution in [0.25, 0.3) is 0 Å². The van der Waals surface area contributed by atoms with E-state index < -0.39 is 0 Å². The zero-order valence-electron chi connectivity index (χ0n) is 7.99. The zero-order chi connectivity index (χ0) is 9.40. The second-order valence-electron chi connectivity index (χ2n) is 3.03. The molecule has 0 aromatic heterocycles. The molecular weight excluding hydrogens is 156 g/mol. The molecule has 4 nitrogen and oxygen atoms in total. The molecule has 0 rings (SSSR count). The van der Waals surface area contributed by atoms with Crippen molar-refractivity contribution in [3.8, 4) is 0 Å². The third-order valence-corrected chi connectivity index (χ3v) is 1.79. The van der Waals surface area contributed by atoms with E-state index in [2.05, 4.69) is 4.90 Å². The summed E-state index contributed by atoms with van der Waals surface area (Å²) in [6.45, 7) is 2.63. The number of hydrogen-bond donors (Lipinski definition) is 2. The first-order chi connectivity index (χ1) is 5.70. The summed E-state index contributed by atoms with van der Waals surface area (Å²) >= 11 is 0. The summed E-state index contributed by atoms with van der Waals surface area (Å²) in [5.74, 6) is 0. The van der Waals surface area contributed by atoms with E-state index in [1.54, 1.807) is 7.11 Å². The van der Waals surface area contributed by atoms with Crippen LogP contribution in [0, 0.1) is 0 Å². The molecule has 0 bridgehead atoms. The van der Waals surface area contributed by atoms with Gasteiger partial charge in [-0.15, -0.1) is 0 Å². The molecule has 74 valence electrons. The van der Waals surface area contributed by atoms with Crippen molar-refractivity contribution in [3.05, 3.63) is 0 Å². The number of likely N-dealkylation sites (N-methyl/N-ethyl adjacent to an activating group) is 1. The Bertz CT molecular complexity index is 101. The molecule has 0 saturated heterocycles. The molecule has 0 aliphatic heterocycles. The number of aliphatic hydroxyl groups excluding tert-OH is 1. The Hall–Kier alpha value is -0.160. The van der Waals surface area contributed by atoms with Gasteiger partial charge in [0.2, 0.25) is 0 Å². The number of nitrogens with two attached hydrogens (primary N) is 1. The second kappa shape index (κ2) is 7.49. The molecule has 1 atom stereocenters. The lowest BCUT2D eigenvalue weighted by atomic mass is 10.2. The Kier molecular flexibility index (Phi) is 7.39. The van der Waals surface area contributed by atoms with Crippen LogP contribution >= 0.6 is 0 Å². The van der Waals surface area contributed by atoms with Gasteiger partial charge in [-0.2, -0.15) is 0 Å². The molecule has 0 saturated carbocycles. The van der Waals surface area contributed by atoms with Gasteiger partial charge in [-0.3, -0.25) is 0 Å². The highest BCUT2D eigenvalue weighted by Crippen LogP contribution is 1.90. The molecule has 3 N–H and O–H groups in total. The average Bonchev–Trinajstić information content (AvgIpc) is 2.10. The van der Waals surface area contributed by atoms with E-state index in [0.29, 0.717) is 0 Å². The molecule has 12 heavy (non-hydrogen) atoms. The normalized spacial score (nSPS) is 13.8. The SMILES string of the molecule is COCCN(C)CCC(N)CO. The number of hydrogen-bond acceptors (Lipinski definition) is 4. The third-order valence-electron chi connectivity index (χ3n) is 1.79. The minimum atomic E-state index is -0.0880. The van der Waals surface area contributed by atoms with Gasteiger partial charge >= 0.3 is 0 Å². The number of aliphatic hydroxyl groups is 1. The maximum absolute atomic E-state index is 8.66. The van der Waals surface area contributed by atoms with E-state index in [0.717, 1.165) is 26.1 Å². The molecule has 0 spiro atoms. The summed E-state index contributed by atoms with van der Waals surface area (Å²) < 4.78 is 4.92. The van der Waals surface area contributed by atoms with Crippen LogP contribution in [-0.2, 0) is 4.74 Å². The van der Waals surface area contributed by atoms with Gasteiger partial charge in [-0.05, 0) is 20.0 Å². The summed E-state index contributed by atoms with van der Waals surface area (Å²) in [6, 6.07) is -0.0880. The van der Waals surface area contributed by atoms with Gasteiger partial charge in [0.05, 0.1) is 13.2 Å². The van der Waals surface area contributed by atoms with Crippen molar-refractivity contribution in [3.63, 3.8) is 0 Å². The van der Waals surface area contributed by atoms with Crippen LogP contribution in [0.2, 0.25) is 0 Å². The fourth-order valence-corrected chi connectivity index (χ4v) is 0.836. The third kappa shape index (κ3) is 6.54. The first-order valence-corrected chi connectivity index (χ1v) is 4.24. The summed E-state index contributed by atoms with van der Waals surface area (Å²) in [4.78, 5) is 2.14. The second-order valence-corrected chi connectivity index (χ2v) is 3.03. The number of rotatable bonds is 7. The molecule has 0 fully saturated rings. The molecule has 4 heteroatoms. The Morgan fingerprint density at radius 3 is 2.67 bits per heavy atom. The van der Waals surface area contributed by atoms with Crippen LogP contribution in [0.1, 0.15) is 6.42 Å². The van der Waals surface area contributed by atoms with Crippen LogP contribution in [0.4, 0.5) is 0 Å². The smallest absolute Gasteiger partial charge is 0.0589 e. The number of nitrogens with zero attached hydrogens (tertiary/aromatic N) is 1. The van der Waals surface area contributed by atoms with Crippen LogP contribution in [-0.4, -0.2) is 56.5 Å². The highest BCUT2D eigenvalue weighted by Gasteiger charge is 2.02. The Morgan fingerprint density at radius 2 is 2.17 bits per heavy atom. The summed E-state index contributed by atoms with van der Waals surface area (Å²) in [5, 5.41) is 8.66. The van der Waals surface area contributed by atoms with Crippen molar-refractivity contribution in [2.75, 3.05) is 40.5 Å². The zero-order valence-corrected chi connectivity index (χ0v) is 7.99. The maximum Gasteiger partial charge on any atom is 0.0589 e. The molecule has 0 aromatic carbocycles. The largest absolute Gasteiger partial charge is 0.395 e. The fourth-order valence-electron chi connectivity index (χ4n) is 0.836. The number of methoxy groups -OCH3 is 1. The lowest BCUT2D eigenvalue weighted by Gasteiger charge is -2.17. The van der Waals surface area contributed by atoms with Crippen molar-refractivity contribution in [2.24, 2.45) is 5.73 Å². The van der Waals surface area contributed by atoms with Crippen LogP contribution < -0.4 is 5.73 Å². The van der Waals surface area contributed by atoms with E-state index in [1.165, 1.54) is 0 Å². The van der Waals surface area contributed by atoms with Gasteiger partial charge < -0.3 is 20.5 Å². The van der Waals surface area contributed by atoms with Gasteiger partial charge in [0.15, 0.2) is 0 Å². The van der Waals surface area contributed by atoms with Crippen LogP contribution in [0.5, 0.6) is 0 Å². The monoisotopic (exact) mass is 176 g/mol. The number of ether oxygens (including phenoxy) is 1. The molecule has 0 aliphatic carbocycles. The maximum atomic E-state index is 8.66. The van der Waals surface area contributed by atoms with E-state index in [-0.39, 0.29) is 12.6 Å². The molecule has 0 radical (unpaired) electrons. The minimum Gasteiger partial charge on any atom is -0.395 e. The lowest BCUT2D eigenvalue weighted by molar-refractivity contribution is 0.157. The Balaban J connectivity index is 3.24. The van der Waals surface area contributed by atoms with Crippen LogP contribution in [0.3, 0.4) is 0 Å². The molecule has 0 aromatic rings. The van der Waals surface area contributed by atoms with Gasteiger partial charge in [-0.25, -0.2) is 0 Å². The Labute approximate surface area is 74.3 Å². The van der Waals surface area contributed by atoms with E-state index in [9.17, 15) is 0 Å². The highest BCUT2D eigenvalue weighted by molar-refractivity contribution is 4.61. The summed E-state index contributed by atoms with van der Waals surface area (Å²) in [6.07, 6.45) is 0.830. The minimum absolute atomic E-state index is 0.0676. The van der Waals surface area contributed by atoms with E-state index in [1.807, 2.05) is 7.05 Å². The summed E-state index contributed by atoms with van der Waals surface area (Å²) in [5.41, 5.74) is 5.54. The Morgan fingerprint density at radius 1 is 1.50 bits per heavy atom. The van der Waals surface area contributed by atoms with Crippen LogP contribution in [0.15, 0.2) is 0 Å². The topological polar surface area (TPSA) is 58.7 Å². The average molecular weight is 176 g/mol. The molecule has 0 amide bonds. The van der Waals surface area contributed by atoms with Crippen molar-refractivity contribution in [1.29, 1.82) is 0 Å². The molecule has 0 aliphatic rings. The van der Waals surface area contributed by atoms with Gasteiger partial charge in [0.25, 0.3) is 0 Å². The van der Waals surface area contributed by atoms with Crippen molar-refractivity contribution >= 4 is 0 Å². The van der Waals surface area contributed by atoms with E-state index >= 15 is 0 Å². The van der Waals surface area contributed by atoms with Crippen molar-refractivity contribution in [1.82, 2.24) is 4.90 Å². The molecule has 1 unspecified atom stereocenters. The van der Waals surface area contributed by atoms with Gasteiger partial charge in [-0.1, -0.05) is 0 Å². The first-order valence-electron chi connectivity index (χ1n) is 4.24. The molecule has 0 heterocycles. The van der Waals surface area contributed by atoms with Gasteiger partial charge in [0, 0.05) is 19.7 Å². The fraction of sp³-hybridized carbons (Fsp3) is 1.00. The van der Waals surface area contributed by atoms with E-state index in [4.69, 9.17) is 15.6 Å². The van der Waals surface area contributed by atoms with Crippen molar-refractivity contribution in [2.45, 2.75) is 12.5 Å². The quantitative estimate of drug-likeness (QED) is 0.537. The van der Waals surface area contributed by atoms with Gasteiger partial charge in [0.1, 0.15) is 0 Å². The first kappa shape index (κ1) is 11.8. The lowest BCUT2D eigenvalue weighted by Crippen LogP contribution is -2.32. The predicted octanol–water partition coefficient (Wildman–Crippen LogP) is -0.726. The summed E-state index contributed by atoms with van der Waals surface area (Å²) in [7, 11) is 3.70. The standard InChI is InChI=1S/C8H20N2O2/c1-10(5-6-12-2)4-3-8(9)7-11/h8,11H,3-7,9H2,1-2H3. The predicted molar refractivity (Wildman–Crippen MR) is 49.1 cm³/mol.